The molecule has 1 aromatic rings. The average Bonchev–Trinajstić information content (AvgIpc) is 2.45. The van der Waals surface area contributed by atoms with Crippen LogP contribution >= 0.6 is 0 Å². The van der Waals surface area contributed by atoms with Gasteiger partial charge in [0.1, 0.15) is 0 Å². The van der Waals surface area contributed by atoms with Crippen LogP contribution in [0.15, 0.2) is 0 Å². The van der Waals surface area contributed by atoms with Crippen LogP contribution in [-0.4, -0.2) is 21.7 Å². The molecule has 0 fully saturated rings. The summed E-state index contributed by atoms with van der Waals surface area (Å²) >= 11 is 0. The number of H-pyrrole nitrogens is 1. The van der Waals surface area contributed by atoms with E-state index in [0.29, 0.717) is 11.9 Å². The van der Waals surface area contributed by atoms with Gasteiger partial charge in [-0.1, -0.05) is 0 Å². The minimum Gasteiger partial charge on any atom is -0.368 e. The number of terminal acetylenes is 1. The Morgan fingerprint density at radius 3 is 3.08 bits per heavy atom. The van der Waals surface area contributed by atoms with Gasteiger partial charge in [-0.25, -0.2) is 5.10 Å². The van der Waals surface area contributed by atoms with Crippen molar-refractivity contribution in [3.8, 4) is 12.3 Å². The van der Waals surface area contributed by atoms with Gasteiger partial charge in [-0.3, -0.25) is 0 Å². The van der Waals surface area contributed by atoms with E-state index in [-0.39, 0.29) is 0 Å². The first kappa shape index (κ1) is 8.40. The summed E-state index contributed by atoms with van der Waals surface area (Å²) in [7, 11) is 0. The molecule has 0 saturated carbocycles. The van der Waals surface area contributed by atoms with Gasteiger partial charge in [0.2, 0.25) is 11.9 Å². The lowest BCUT2D eigenvalue weighted by atomic mass is 10.3. The van der Waals surface area contributed by atoms with E-state index >= 15 is 0 Å². The zero-order valence-corrected chi connectivity index (χ0v) is 6.67. The second-order valence-corrected chi connectivity index (χ2v) is 2.28. The molecule has 0 atom stereocenters. The molecule has 1 rings (SSSR count). The largest absolute Gasteiger partial charge is 0.368 e. The SMILES string of the molecule is C#CCCCNc1n[nH]c(N)n1. The number of hydrogen-bond donors (Lipinski definition) is 3. The first-order valence-corrected chi connectivity index (χ1v) is 3.68. The predicted octanol–water partition coefficient (Wildman–Crippen LogP) is 0.212. The quantitative estimate of drug-likeness (QED) is 0.440. The van der Waals surface area contributed by atoms with Crippen LogP contribution < -0.4 is 11.1 Å². The van der Waals surface area contributed by atoms with Crippen LogP contribution in [-0.2, 0) is 0 Å². The zero-order valence-electron chi connectivity index (χ0n) is 6.67. The standard InChI is InChI=1S/C7H11N5/c1-2-3-4-5-9-7-10-6(8)11-12-7/h1H,3-5H2,(H4,8,9,10,11,12). The Labute approximate surface area is 70.8 Å². The normalized spacial score (nSPS) is 9.25. The van der Waals surface area contributed by atoms with E-state index in [0.717, 1.165) is 19.4 Å². The summed E-state index contributed by atoms with van der Waals surface area (Å²) in [5.74, 6) is 3.38. The number of aromatic nitrogens is 3. The van der Waals surface area contributed by atoms with Gasteiger partial charge in [-0.15, -0.1) is 17.4 Å². The van der Waals surface area contributed by atoms with E-state index in [1.807, 2.05) is 0 Å². The molecule has 0 spiro atoms. The van der Waals surface area contributed by atoms with Gasteiger partial charge in [0.25, 0.3) is 0 Å². The number of anilines is 2. The van der Waals surface area contributed by atoms with Gasteiger partial charge in [-0.2, -0.15) is 4.98 Å². The van der Waals surface area contributed by atoms with Crippen molar-refractivity contribution in [3.05, 3.63) is 0 Å². The Morgan fingerprint density at radius 2 is 2.50 bits per heavy atom. The third-order valence-electron chi connectivity index (χ3n) is 1.28. The van der Waals surface area contributed by atoms with Crippen LogP contribution in [0, 0.1) is 12.3 Å². The molecule has 1 heterocycles. The molecular formula is C7H11N5. The highest BCUT2D eigenvalue weighted by Gasteiger charge is 1.96. The molecule has 0 aliphatic heterocycles. The monoisotopic (exact) mass is 165 g/mol. The average molecular weight is 165 g/mol. The van der Waals surface area contributed by atoms with Crippen molar-refractivity contribution >= 4 is 11.9 Å². The summed E-state index contributed by atoms with van der Waals surface area (Å²) in [5, 5.41) is 9.28. The molecule has 0 unspecified atom stereocenters. The second-order valence-electron chi connectivity index (χ2n) is 2.28. The highest BCUT2D eigenvalue weighted by atomic mass is 15.3. The highest BCUT2D eigenvalue weighted by Crippen LogP contribution is 1.98. The van der Waals surface area contributed by atoms with E-state index in [2.05, 4.69) is 26.4 Å². The molecule has 0 aliphatic carbocycles. The fraction of sp³-hybridized carbons (Fsp3) is 0.429. The van der Waals surface area contributed by atoms with Crippen molar-refractivity contribution < 1.29 is 0 Å². The molecule has 4 N–H and O–H groups in total. The van der Waals surface area contributed by atoms with Crippen molar-refractivity contribution in [2.45, 2.75) is 12.8 Å². The molecule has 12 heavy (non-hydrogen) atoms. The van der Waals surface area contributed by atoms with Crippen LogP contribution in [0.4, 0.5) is 11.9 Å². The topological polar surface area (TPSA) is 79.6 Å². The van der Waals surface area contributed by atoms with Crippen molar-refractivity contribution in [2.75, 3.05) is 17.6 Å². The fourth-order valence-electron chi connectivity index (χ4n) is 0.744. The van der Waals surface area contributed by atoms with E-state index in [1.165, 1.54) is 0 Å². The third kappa shape index (κ3) is 2.50. The molecule has 0 aromatic carbocycles. The maximum absolute atomic E-state index is 5.31. The van der Waals surface area contributed by atoms with Gasteiger partial charge < -0.3 is 11.1 Å². The Hall–Kier alpha value is -1.70. The molecule has 5 nitrogen and oxygen atoms in total. The van der Waals surface area contributed by atoms with E-state index < -0.39 is 0 Å². The molecule has 64 valence electrons. The van der Waals surface area contributed by atoms with E-state index in [1.54, 1.807) is 0 Å². The van der Waals surface area contributed by atoms with Gasteiger partial charge in [-0.05, 0) is 6.42 Å². The van der Waals surface area contributed by atoms with Crippen molar-refractivity contribution in [1.29, 1.82) is 0 Å². The molecule has 0 aliphatic rings. The maximum atomic E-state index is 5.31. The summed E-state index contributed by atoms with van der Waals surface area (Å²) in [6.07, 6.45) is 6.74. The highest BCUT2D eigenvalue weighted by molar-refractivity contribution is 5.29. The minimum absolute atomic E-state index is 0.314. The number of nitrogen functional groups attached to an aromatic ring is 1. The van der Waals surface area contributed by atoms with Gasteiger partial charge in [0.15, 0.2) is 0 Å². The van der Waals surface area contributed by atoms with Crippen LogP contribution in [0.1, 0.15) is 12.8 Å². The first-order chi connectivity index (χ1) is 5.83. The Bertz CT molecular complexity index is 272. The van der Waals surface area contributed by atoms with Gasteiger partial charge in [0.05, 0.1) is 0 Å². The lowest BCUT2D eigenvalue weighted by Crippen LogP contribution is -2.02. The van der Waals surface area contributed by atoms with Crippen molar-refractivity contribution in [2.24, 2.45) is 0 Å². The molecule has 1 aromatic heterocycles. The van der Waals surface area contributed by atoms with Crippen LogP contribution in [0.5, 0.6) is 0 Å². The molecule has 5 heteroatoms. The molecular weight excluding hydrogens is 154 g/mol. The third-order valence-corrected chi connectivity index (χ3v) is 1.28. The molecule has 0 bridgehead atoms. The number of nitrogens with one attached hydrogen (secondary N) is 2. The maximum Gasteiger partial charge on any atom is 0.243 e. The van der Waals surface area contributed by atoms with Crippen molar-refractivity contribution in [3.63, 3.8) is 0 Å². The summed E-state index contributed by atoms with van der Waals surface area (Å²) in [5.41, 5.74) is 5.31. The lowest BCUT2D eigenvalue weighted by molar-refractivity contribution is 0.893. The summed E-state index contributed by atoms with van der Waals surface area (Å²) in [4.78, 5) is 3.86. The first-order valence-electron chi connectivity index (χ1n) is 3.68. The smallest absolute Gasteiger partial charge is 0.243 e. The number of aromatic amines is 1. The Kier molecular flexibility index (Phi) is 2.96. The number of hydrogen-bond acceptors (Lipinski definition) is 4. The number of nitrogens with zero attached hydrogens (tertiary/aromatic N) is 2. The summed E-state index contributed by atoms with van der Waals surface area (Å²) in [6, 6.07) is 0. The molecule has 0 radical (unpaired) electrons. The molecule has 0 amide bonds. The van der Waals surface area contributed by atoms with E-state index in [9.17, 15) is 0 Å². The molecule has 0 saturated heterocycles. The fourth-order valence-corrected chi connectivity index (χ4v) is 0.744. The Balaban J connectivity index is 2.21. The van der Waals surface area contributed by atoms with Gasteiger partial charge >= 0.3 is 0 Å². The number of unbranched alkanes of at least 4 members (excludes halogenated alkanes) is 1. The van der Waals surface area contributed by atoms with Crippen LogP contribution in [0.3, 0.4) is 0 Å². The lowest BCUT2D eigenvalue weighted by Gasteiger charge is -1.96. The van der Waals surface area contributed by atoms with Crippen molar-refractivity contribution in [1.82, 2.24) is 15.2 Å². The zero-order chi connectivity index (χ0) is 8.81. The van der Waals surface area contributed by atoms with E-state index in [4.69, 9.17) is 12.2 Å². The van der Waals surface area contributed by atoms with Gasteiger partial charge in [0, 0.05) is 13.0 Å². The second kappa shape index (κ2) is 4.23. The predicted molar refractivity (Wildman–Crippen MR) is 47.4 cm³/mol. The summed E-state index contributed by atoms with van der Waals surface area (Å²) in [6.45, 7) is 0.765. The van der Waals surface area contributed by atoms with Crippen LogP contribution in [0.2, 0.25) is 0 Å². The Morgan fingerprint density at radius 1 is 1.67 bits per heavy atom. The minimum atomic E-state index is 0.314. The van der Waals surface area contributed by atoms with Crippen LogP contribution in [0.25, 0.3) is 0 Å². The number of rotatable bonds is 4. The summed E-state index contributed by atoms with van der Waals surface area (Å²) < 4.78 is 0. The number of nitrogens with two attached hydrogens (primary N) is 1.